The van der Waals surface area contributed by atoms with Crippen LogP contribution in [-0.4, -0.2) is 0 Å². The second-order valence-corrected chi connectivity index (χ2v) is 0. The summed E-state index contributed by atoms with van der Waals surface area (Å²) in [6.45, 7) is 0. The van der Waals surface area contributed by atoms with Crippen LogP contribution in [0.4, 0.5) is 0 Å². The first-order valence-corrected chi connectivity index (χ1v) is 0. The second-order valence-electron chi connectivity index (χ2n) is 0. The SMILES string of the molecule is Cl.Cl.[V].[V]. The van der Waals surface area contributed by atoms with Gasteiger partial charge in [0, 0.05) is 37.1 Å². The number of halogens is 2. The Labute approximate surface area is 61.7 Å². The molecular formula is H2Cl2V2. The second kappa shape index (κ2) is 21.8. The van der Waals surface area contributed by atoms with Gasteiger partial charge in [-0.15, -0.1) is 24.8 Å². The molecule has 0 aliphatic carbocycles. The molecule has 0 aromatic carbocycles. The van der Waals surface area contributed by atoms with Gasteiger partial charge in [-0.2, -0.15) is 0 Å². The molecule has 0 unspecified atom stereocenters. The van der Waals surface area contributed by atoms with Gasteiger partial charge in [0.15, 0.2) is 0 Å². The molecule has 0 rings (SSSR count). The van der Waals surface area contributed by atoms with E-state index in [-0.39, 0.29) is 61.9 Å². The molecule has 4 heteroatoms. The molecule has 0 saturated carbocycles. The summed E-state index contributed by atoms with van der Waals surface area (Å²) in [5, 5.41) is 0. The van der Waals surface area contributed by atoms with Crippen molar-refractivity contribution in [3.05, 3.63) is 0 Å². The van der Waals surface area contributed by atoms with Gasteiger partial charge in [0.1, 0.15) is 0 Å². The van der Waals surface area contributed by atoms with Crippen molar-refractivity contribution in [1.82, 2.24) is 0 Å². The zero-order valence-corrected chi connectivity index (χ0v) is 6.14. The van der Waals surface area contributed by atoms with E-state index in [0.29, 0.717) is 0 Å². The Hall–Kier alpha value is 1.75. The van der Waals surface area contributed by atoms with E-state index in [9.17, 15) is 0 Å². The fraction of sp³-hybridized carbons (Fsp3) is 0. The first-order chi connectivity index (χ1) is 0. The van der Waals surface area contributed by atoms with Crippen LogP contribution in [0.5, 0.6) is 0 Å². The van der Waals surface area contributed by atoms with Crippen molar-refractivity contribution in [3.8, 4) is 0 Å². The Morgan fingerprint density at radius 1 is 0.500 bits per heavy atom. The largest absolute Gasteiger partial charge is 0.147 e. The van der Waals surface area contributed by atoms with Gasteiger partial charge >= 0.3 is 0 Å². The Morgan fingerprint density at radius 3 is 0.500 bits per heavy atom. The van der Waals surface area contributed by atoms with Crippen molar-refractivity contribution >= 4 is 24.8 Å². The molecule has 0 atom stereocenters. The Bertz CT molecular complexity index is 4.00. The van der Waals surface area contributed by atoms with E-state index < -0.39 is 0 Å². The van der Waals surface area contributed by atoms with Crippen LogP contribution in [0.25, 0.3) is 0 Å². The topological polar surface area (TPSA) is 0 Å². The van der Waals surface area contributed by atoms with Crippen LogP contribution in [0.3, 0.4) is 0 Å². The molecule has 0 aromatic rings. The van der Waals surface area contributed by atoms with Crippen molar-refractivity contribution in [2.24, 2.45) is 0 Å². The van der Waals surface area contributed by atoms with E-state index in [1.165, 1.54) is 0 Å². The minimum Gasteiger partial charge on any atom is -0.147 e. The summed E-state index contributed by atoms with van der Waals surface area (Å²) in [6, 6.07) is 0. The predicted molar refractivity (Wildman–Crippen MR) is 14.5 cm³/mol. The van der Waals surface area contributed by atoms with Crippen LogP contribution >= 0.6 is 24.8 Å². The zero-order valence-electron chi connectivity index (χ0n) is 1.71. The molecule has 4 heavy (non-hydrogen) atoms. The first kappa shape index (κ1) is 42.4. The van der Waals surface area contributed by atoms with Gasteiger partial charge in [0.2, 0.25) is 0 Å². The molecule has 0 N–H and O–H groups in total. The molecule has 0 heterocycles. The third-order valence-corrected chi connectivity index (χ3v) is 0. The molecular weight excluding hydrogens is 173 g/mol. The van der Waals surface area contributed by atoms with Crippen LogP contribution in [0.15, 0.2) is 0 Å². The Balaban J connectivity index is 0. The molecule has 26 valence electrons. The molecule has 2 radical (unpaired) electrons. The summed E-state index contributed by atoms with van der Waals surface area (Å²) >= 11 is 0. The van der Waals surface area contributed by atoms with E-state index in [4.69, 9.17) is 0 Å². The minimum absolute atomic E-state index is 0. The average Bonchev–Trinajstić information content (AvgIpc) is 0. The standard InChI is InChI=1S/2ClH.2V/h2*1H;;. The summed E-state index contributed by atoms with van der Waals surface area (Å²) in [5.74, 6) is 0. The summed E-state index contributed by atoms with van der Waals surface area (Å²) in [5.41, 5.74) is 0. The fourth-order valence-corrected chi connectivity index (χ4v) is 0. The fourth-order valence-electron chi connectivity index (χ4n) is 0. The van der Waals surface area contributed by atoms with Gasteiger partial charge < -0.3 is 0 Å². The van der Waals surface area contributed by atoms with Crippen LogP contribution in [0, 0.1) is 0 Å². The summed E-state index contributed by atoms with van der Waals surface area (Å²) < 4.78 is 0. The van der Waals surface area contributed by atoms with Gasteiger partial charge in [-0.25, -0.2) is 0 Å². The van der Waals surface area contributed by atoms with Gasteiger partial charge in [0.25, 0.3) is 0 Å². The maximum absolute atomic E-state index is 0. The molecule has 0 fully saturated rings. The maximum atomic E-state index is 0. The maximum Gasteiger partial charge on any atom is 0 e. The van der Waals surface area contributed by atoms with Crippen LogP contribution in [0.2, 0.25) is 0 Å². The molecule has 0 aromatic heterocycles. The summed E-state index contributed by atoms with van der Waals surface area (Å²) in [7, 11) is 0. The quantitative estimate of drug-likeness (QED) is 0.511. The monoisotopic (exact) mass is 174 g/mol. The van der Waals surface area contributed by atoms with E-state index in [1.807, 2.05) is 0 Å². The minimum atomic E-state index is 0. The van der Waals surface area contributed by atoms with E-state index in [0.717, 1.165) is 0 Å². The van der Waals surface area contributed by atoms with Crippen LogP contribution in [0.1, 0.15) is 0 Å². The van der Waals surface area contributed by atoms with Crippen molar-refractivity contribution in [2.75, 3.05) is 0 Å². The van der Waals surface area contributed by atoms with Gasteiger partial charge in [-0.05, 0) is 0 Å². The first-order valence-electron chi connectivity index (χ1n) is 0. The number of hydrogen-bond donors (Lipinski definition) is 0. The third-order valence-electron chi connectivity index (χ3n) is 0. The average molecular weight is 175 g/mol. The molecule has 0 aliphatic rings. The van der Waals surface area contributed by atoms with E-state index in [1.54, 1.807) is 0 Å². The number of hydrogen-bond acceptors (Lipinski definition) is 0. The molecule has 0 amide bonds. The van der Waals surface area contributed by atoms with Gasteiger partial charge in [-0.1, -0.05) is 0 Å². The van der Waals surface area contributed by atoms with Crippen molar-refractivity contribution in [3.63, 3.8) is 0 Å². The number of rotatable bonds is 0. The Morgan fingerprint density at radius 2 is 0.500 bits per heavy atom. The summed E-state index contributed by atoms with van der Waals surface area (Å²) in [4.78, 5) is 0. The van der Waals surface area contributed by atoms with Gasteiger partial charge in [0.05, 0.1) is 0 Å². The van der Waals surface area contributed by atoms with Crippen LogP contribution in [-0.2, 0) is 37.1 Å². The van der Waals surface area contributed by atoms with Crippen molar-refractivity contribution in [2.45, 2.75) is 0 Å². The van der Waals surface area contributed by atoms with Crippen molar-refractivity contribution < 1.29 is 37.1 Å². The normalized spacial score (nSPS) is 0. The smallest absolute Gasteiger partial charge is 0 e. The van der Waals surface area contributed by atoms with E-state index in [2.05, 4.69) is 0 Å². The Kier molecular flexibility index (Phi) is 231. The third kappa shape index (κ3) is 9.26. The molecule has 0 aliphatic heterocycles. The van der Waals surface area contributed by atoms with Crippen molar-refractivity contribution in [1.29, 1.82) is 0 Å². The van der Waals surface area contributed by atoms with Gasteiger partial charge in [-0.3, -0.25) is 0 Å². The zero-order chi connectivity index (χ0) is 0. The molecule has 0 saturated heterocycles. The van der Waals surface area contributed by atoms with Crippen LogP contribution < -0.4 is 0 Å². The van der Waals surface area contributed by atoms with E-state index >= 15 is 0 Å². The molecule has 0 bridgehead atoms. The molecule has 0 spiro atoms. The molecule has 0 nitrogen and oxygen atoms in total. The summed E-state index contributed by atoms with van der Waals surface area (Å²) in [6.07, 6.45) is 0. The predicted octanol–water partition coefficient (Wildman–Crippen LogP) is 0.839.